The predicted octanol–water partition coefficient (Wildman–Crippen LogP) is 3.07. The van der Waals surface area contributed by atoms with Gasteiger partial charge in [0.05, 0.1) is 12.3 Å². The number of rotatable bonds is 4. The van der Waals surface area contributed by atoms with Crippen molar-refractivity contribution in [1.29, 1.82) is 0 Å². The van der Waals surface area contributed by atoms with Gasteiger partial charge in [-0.2, -0.15) is 0 Å². The number of anilines is 1. The molecule has 0 spiro atoms. The first-order valence-corrected chi connectivity index (χ1v) is 5.90. The third-order valence-corrected chi connectivity index (χ3v) is 3.02. The summed E-state index contributed by atoms with van der Waals surface area (Å²) >= 11 is 1.52. The molecule has 1 heterocycles. The lowest BCUT2D eigenvalue weighted by molar-refractivity contribution is 0.277. The third-order valence-electron chi connectivity index (χ3n) is 2.25. The lowest BCUT2D eigenvalue weighted by Crippen LogP contribution is -1.93. The summed E-state index contributed by atoms with van der Waals surface area (Å²) in [6, 6.07) is 7.70. The van der Waals surface area contributed by atoms with E-state index >= 15 is 0 Å². The summed E-state index contributed by atoms with van der Waals surface area (Å²) in [4.78, 5) is 0. The first kappa shape index (κ1) is 11.0. The van der Waals surface area contributed by atoms with Crippen molar-refractivity contribution in [2.75, 3.05) is 12.4 Å². The number of hydrogen-bond donors (Lipinski definition) is 2. The molecule has 2 rings (SSSR count). The molecule has 0 aliphatic heterocycles. The number of ether oxygens (including phenoxy) is 1. The molecule has 3 nitrogen and oxygen atoms in total. The molecular formula is C12H13NO2S. The zero-order chi connectivity index (χ0) is 11.4. The Morgan fingerprint density at radius 3 is 2.81 bits per heavy atom. The summed E-state index contributed by atoms with van der Waals surface area (Å²) in [5, 5.41) is 16.0. The second-order valence-corrected chi connectivity index (χ2v) is 4.01. The normalized spacial score (nSPS) is 10.1. The Labute approximate surface area is 98.3 Å². The molecule has 84 valence electrons. The van der Waals surface area contributed by atoms with Gasteiger partial charge in [0.25, 0.3) is 0 Å². The van der Waals surface area contributed by atoms with Gasteiger partial charge in [-0.05, 0) is 12.1 Å². The molecule has 0 amide bonds. The Morgan fingerprint density at radius 2 is 2.06 bits per heavy atom. The topological polar surface area (TPSA) is 41.5 Å². The van der Waals surface area contributed by atoms with Gasteiger partial charge in [0.1, 0.15) is 5.75 Å². The molecule has 1 aromatic heterocycles. The van der Waals surface area contributed by atoms with E-state index in [2.05, 4.69) is 5.32 Å². The Kier molecular flexibility index (Phi) is 3.44. The molecule has 0 saturated heterocycles. The SMILES string of the molecule is CNc1ccccc1Oc1cscc1CO. The second kappa shape index (κ2) is 5.01. The zero-order valence-corrected chi connectivity index (χ0v) is 9.75. The lowest BCUT2D eigenvalue weighted by Gasteiger charge is -2.10. The molecule has 2 N–H and O–H groups in total. The van der Waals surface area contributed by atoms with E-state index < -0.39 is 0 Å². The van der Waals surface area contributed by atoms with Crippen LogP contribution in [0.2, 0.25) is 0 Å². The van der Waals surface area contributed by atoms with Crippen molar-refractivity contribution in [3.8, 4) is 11.5 Å². The molecule has 0 aliphatic rings. The maximum atomic E-state index is 9.12. The molecule has 0 radical (unpaired) electrons. The van der Waals surface area contributed by atoms with Gasteiger partial charge in [0.2, 0.25) is 0 Å². The van der Waals surface area contributed by atoms with Crippen molar-refractivity contribution in [2.45, 2.75) is 6.61 Å². The number of thiophene rings is 1. The molecular weight excluding hydrogens is 222 g/mol. The van der Waals surface area contributed by atoms with E-state index in [1.807, 2.05) is 42.1 Å². The quantitative estimate of drug-likeness (QED) is 0.855. The van der Waals surface area contributed by atoms with Crippen molar-refractivity contribution in [2.24, 2.45) is 0 Å². The first-order chi connectivity index (χ1) is 7.85. The van der Waals surface area contributed by atoms with Crippen molar-refractivity contribution in [1.82, 2.24) is 0 Å². The van der Waals surface area contributed by atoms with Gasteiger partial charge in [-0.15, -0.1) is 11.3 Å². The number of hydrogen-bond acceptors (Lipinski definition) is 4. The van der Waals surface area contributed by atoms with E-state index in [1.54, 1.807) is 0 Å². The van der Waals surface area contributed by atoms with E-state index in [0.29, 0.717) is 0 Å². The van der Waals surface area contributed by atoms with E-state index in [4.69, 9.17) is 9.84 Å². The maximum absolute atomic E-state index is 9.12. The number of benzene rings is 1. The molecule has 16 heavy (non-hydrogen) atoms. The number of aliphatic hydroxyl groups is 1. The van der Waals surface area contributed by atoms with Crippen molar-refractivity contribution in [3.05, 3.63) is 40.6 Å². The monoisotopic (exact) mass is 235 g/mol. The average molecular weight is 235 g/mol. The van der Waals surface area contributed by atoms with E-state index in [9.17, 15) is 0 Å². The highest BCUT2D eigenvalue weighted by molar-refractivity contribution is 7.08. The number of nitrogens with one attached hydrogen (secondary N) is 1. The van der Waals surface area contributed by atoms with Crippen LogP contribution in [0, 0.1) is 0 Å². The van der Waals surface area contributed by atoms with Crippen molar-refractivity contribution < 1.29 is 9.84 Å². The van der Waals surface area contributed by atoms with Gasteiger partial charge < -0.3 is 15.2 Å². The van der Waals surface area contributed by atoms with Crippen LogP contribution >= 0.6 is 11.3 Å². The molecule has 0 fully saturated rings. The van der Waals surface area contributed by atoms with Crippen LogP contribution in [0.15, 0.2) is 35.0 Å². The number of aliphatic hydroxyl groups excluding tert-OH is 1. The van der Waals surface area contributed by atoms with Crippen molar-refractivity contribution >= 4 is 17.0 Å². The predicted molar refractivity (Wildman–Crippen MR) is 66.3 cm³/mol. The maximum Gasteiger partial charge on any atom is 0.150 e. The molecule has 0 aliphatic carbocycles. The molecule has 0 atom stereocenters. The van der Waals surface area contributed by atoms with Gasteiger partial charge in [-0.3, -0.25) is 0 Å². The van der Waals surface area contributed by atoms with Crippen LogP contribution in [-0.4, -0.2) is 12.2 Å². The average Bonchev–Trinajstić information content (AvgIpc) is 2.77. The molecule has 1 aromatic carbocycles. The fourth-order valence-electron chi connectivity index (χ4n) is 1.40. The van der Waals surface area contributed by atoms with Gasteiger partial charge in [-0.25, -0.2) is 0 Å². The fourth-order valence-corrected chi connectivity index (χ4v) is 2.14. The summed E-state index contributed by atoms with van der Waals surface area (Å²) in [6.45, 7) is 0.000549. The van der Waals surface area contributed by atoms with Gasteiger partial charge in [-0.1, -0.05) is 12.1 Å². The summed E-state index contributed by atoms with van der Waals surface area (Å²) in [7, 11) is 1.85. The minimum atomic E-state index is 0.000549. The molecule has 0 bridgehead atoms. The highest BCUT2D eigenvalue weighted by Crippen LogP contribution is 2.32. The van der Waals surface area contributed by atoms with Crippen LogP contribution in [0.3, 0.4) is 0 Å². The highest BCUT2D eigenvalue weighted by atomic mass is 32.1. The van der Waals surface area contributed by atoms with Gasteiger partial charge in [0.15, 0.2) is 5.75 Å². The summed E-state index contributed by atoms with van der Waals surface area (Å²) in [5.41, 5.74) is 1.74. The molecule has 2 aromatic rings. The zero-order valence-electron chi connectivity index (χ0n) is 8.93. The summed E-state index contributed by atoms with van der Waals surface area (Å²) in [5.74, 6) is 1.48. The Morgan fingerprint density at radius 1 is 1.25 bits per heavy atom. The summed E-state index contributed by atoms with van der Waals surface area (Å²) in [6.07, 6.45) is 0. The van der Waals surface area contributed by atoms with Gasteiger partial charge >= 0.3 is 0 Å². The minimum Gasteiger partial charge on any atom is -0.454 e. The Bertz CT molecular complexity index is 468. The highest BCUT2D eigenvalue weighted by Gasteiger charge is 2.07. The Balaban J connectivity index is 2.26. The minimum absolute atomic E-state index is 0.000549. The fraction of sp³-hybridized carbons (Fsp3) is 0.167. The standard InChI is InChI=1S/C12H13NO2S/c1-13-10-4-2-3-5-11(10)15-12-8-16-7-9(12)6-14/h2-5,7-8,13-14H,6H2,1H3. The van der Waals surface area contributed by atoms with E-state index in [0.717, 1.165) is 22.7 Å². The van der Waals surface area contributed by atoms with Gasteiger partial charge in [0, 0.05) is 23.4 Å². The Hall–Kier alpha value is -1.52. The van der Waals surface area contributed by atoms with Crippen LogP contribution in [0.1, 0.15) is 5.56 Å². The van der Waals surface area contributed by atoms with Crippen molar-refractivity contribution in [3.63, 3.8) is 0 Å². The molecule has 0 saturated carbocycles. The van der Waals surface area contributed by atoms with Crippen LogP contribution in [-0.2, 0) is 6.61 Å². The number of para-hydroxylation sites is 2. The van der Waals surface area contributed by atoms with Crippen LogP contribution in [0.5, 0.6) is 11.5 Å². The second-order valence-electron chi connectivity index (χ2n) is 3.27. The van der Waals surface area contributed by atoms with Crippen LogP contribution in [0.4, 0.5) is 5.69 Å². The largest absolute Gasteiger partial charge is 0.454 e. The first-order valence-electron chi connectivity index (χ1n) is 4.95. The lowest BCUT2D eigenvalue weighted by atomic mass is 10.3. The van der Waals surface area contributed by atoms with Crippen LogP contribution < -0.4 is 10.1 Å². The smallest absolute Gasteiger partial charge is 0.150 e. The van der Waals surface area contributed by atoms with E-state index in [1.165, 1.54) is 11.3 Å². The third kappa shape index (κ3) is 2.18. The molecule has 4 heteroatoms. The van der Waals surface area contributed by atoms with E-state index in [-0.39, 0.29) is 6.61 Å². The molecule has 0 unspecified atom stereocenters. The summed E-state index contributed by atoms with van der Waals surface area (Å²) < 4.78 is 5.75. The van der Waals surface area contributed by atoms with Crippen LogP contribution in [0.25, 0.3) is 0 Å².